The highest BCUT2D eigenvalue weighted by atomic mass is 17.1. The van der Waals surface area contributed by atoms with Crippen molar-refractivity contribution in [2.24, 2.45) is 0 Å². The summed E-state index contributed by atoms with van der Waals surface area (Å²) in [7, 11) is 0. The van der Waals surface area contributed by atoms with Gasteiger partial charge in [-0.25, -0.2) is 0 Å². The maximum absolute atomic E-state index is 9.97. The molecular weight excluding hydrogens is 442 g/mol. The van der Waals surface area contributed by atoms with E-state index in [4.69, 9.17) is 15.6 Å². The van der Waals surface area contributed by atoms with Crippen LogP contribution in [0.5, 0.6) is 0 Å². The van der Waals surface area contributed by atoms with E-state index < -0.39 is 17.0 Å². The molecule has 3 N–H and O–H groups in total. The number of nitrogens with zero attached hydrogens (tertiary/aromatic N) is 1. The molecule has 35 heavy (non-hydrogen) atoms. The third-order valence-electron chi connectivity index (χ3n) is 5.94. The summed E-state index contributed by atoms with van der Waals surface area (Å²) in [5, 5.41) is 36.8. The van der Waals surface area contributed by atoms with Crippen LogP contribution in [0.25, 0.3) is 6.08 Å². The molecule has 6 heteroatoms. The molecule has 0 aliphatic heterocycles. The maximum atomic E-state index is 9.97. The zero-order valence-corrected chi connectivity index (χ0v) is 22.0. The summed E-state index contributed by atoms with van der Waals surface area (Å²) in [6, 6.07) is 8.65. The van der Waals surface area contributed by atoms with E-state index in [1.165, 1.54) is 83.1 Å². The van der Waals surface area contributed by atoms with Gasteiger partial charge in [-0.15, -0.1) is 15.6 Å². The summed E-state index contributed by atoms with van der Waals surface area (Å²) in [5.41, 5.74) is 0.858. The molecule has 1 atom stereocenters. The number of carbonyl (C=O) groups excluding carboxylic acids is 1. The quantitative estimate of drug-likeness (QED) is 0.0622. The van der Waals surface area contributed by atoms with Crippen LogP contribution >= 0.6 is 0 Å². The molecule has 0 aliphatic rings. The maximum Gasteiger partial charge on any atom is 0.184 e. The van der Waals surface area contributed by atoms with Crippen molar-refractivity contribution in [2.75, 3.05) is 0 Å². The van der Waals surface area contributed by atoms with Crippen LogP contribution in [-0.4, -0.2) is 32.6 Å². The summed E-state index contributed by atoms with van der Waals surface area (Å²) in [5.74, 6) is -1.17. The number of carboxylic acid groups (broad SMARTS) is 1. The second-order valence-electron chi connectivity index (χ2n) is 9.25. The minimum absolute atomic E-state index is 0.540. The van der Waals surface area contributed by atoms with Crippen molar-refractivity contribution in [3.05, 3.63) is 54.1 Å². The molecule has 1 rings (SSSR count). The minimum Gasteiger partial charge on any atom is -0.545 e. The Morgan fingerprint density at radius 3 is 1.80 bits per heavy atom. The number of carboxylic acids is 1. The fourth-order valence-corrected chi connectivity index (χ4v) is 3.59. The van der Waals surface area contributed by atoms with E-state index in [1.807, 2.05) is 30.3 Å². The SMILES string of the molecule is CCCCCCCC/C=C\CCCCCCCCC(C)[N+](O)(O)O.O=C([O-])C=Cc1ccccc1. The fourth-order valence-electron chi connectivity index (χ4n) is 3.59. The number of quaternary nitrogens is 1. The predicted molar refractivity (Wildman–Crippen MR) is 140 cm³/mol. The molecule has 0 aliphatic carbocycles. The van der Waals surface area contributed by atoms with Crippen molar-refractivity contribution >= 4 is 12.0 Å². The third-order valence-corrected chi connectivity index (χ3v) is 5.94. The average Bonchev–Trinajstić information content (AvgIpc) is 2.83. The van der Waals surface area contributed by atoms with Crippen molar-refractivity contribution in [2.45, 2.75) is 116 Å². The molecule has 0 aromatic heterocycles. The van der Waals surface area contributed by atoms with Gasteiger partial charge in [0.1, 0.15) is 0 Å². The second-order valence-corrected chi connectivity index (χ2v) is 9.25. The van der Waals surface area contributed by atoms with E-state index >= 15 is 0 Å². The number of benzene rings is 1. The van der Waals surface area contributed by atoms with E-state index in [1.54, 1.807) is 6.92 Å². The van der Waals surface area contributed by atoms with Crippen LogP contribution in [-0.2, 0) is 4.79 Å². The van der Waals surface area contributed by atoms with Crippen molar-refractivity contribution < 1.29 is 30.5 Å². The Balaban J connectivity index is 0.000000867. The van der Waals surface area contributed by atoms with E-state index in [0.29, 0.717) is 6.42 Å². The Labute approximate surface area is 213 Å². The molecule has 200 valence electrons. The van der Waals surface area contributed by atoms with Gasteiger partial charge < -0.3 is 9.90 Å². The lowest BCUT2D eigenvalue weighted by atomic mass is 10.1. The lowest BCUT2D eigenvalue weighted by molar-refractivity contribution is -1.38. The first-order chi connectivity index (χ1) is 16.8. The summed E-state index contributed by atoms with van der Waals surface area (Å²) in [6.07, 6.45) is 25.5. The Bertz CT molecular complexity index is 667. The molecule has 6 nitrogen and oxygen atoms in total. The average molecular weight is 492 g/mol. The van der Waals surface area contributed by atoms with Gasteiger partial charge in [0.05, 0.1) is 10.9 Å². The van der Waals surface area contributed by atoms with Crippen LogP contribution in [0.1, 0.15) is 116 Å². The number of hydrogen-bond acceptors (Lipinski definition) is 5. The fraction of sp³-hybridized carbons (Fsp3) is 0.621. The van der Waals surface area contributed by atoms with Gasteiger partial charge in [0, 0.05) is 6.42 Å². The zero-order chi connectivity index (χ0) is 26.2. The van der Waals surface area contributed by atoms with Crippen molar-refractivity contribution in [3.63, 3.8) is 0 Å². The molecule has 1 unspecified atom stereocenters. The van der Waals surface area contributed by atoms with Gasteiger partial charge in [0.25, 0.3) is 0 Å². The van der Waals surface area contributed by atoms with Crippen LogP contribution in [0.2, 0.25) is 0 Å². The summed E-state index contributed by atoms with van der Waals surface area (Å²) in [4.78, 5) is 8.08. The number of hydroxylamine groups is 3. The van der Waals surface area contributed by atoms with Gasteiger partial charge in [-0.3, -0.25) is 0 Å². The molecule has 0 saturated carbocycles. The Morgan fingerprint density at radius 1 is 0.829 bits per heavy atom. The number of unbranched alkanes of at least 4 members (excludes halogenated alkanes) is 12. The largest absolute Gasteiger partial charge is 0.545 e. The second kappa shape index (κ2) is 22.5. The standard InChI is InChI=1S/C20H42NO3.C9H8O2/c1-3-4-5-6-7-8-9-10-11-12-13-14-15-16-17-18-19-20(2)21(22,23)24;10-9(11)7-6-8-4-2-1-3-5-8/h10-11,20,22-24H,3-9,12-19H2,1-2H3;1-7H,(H,10,11)/q+1;/p-1/b11-10-;. The topological polar surface area (TPSA) is 101 Å². The van der Waals surface area contributed by atoms with Gasteiger partial charge in [-0.1, -0.05) is 113 Å². The van der Waals surface area contributed by atoms with Crippen LogP contribution in [0.4, 0.5) is 0 Å². The number of rotatable bonds is 19. The molecule has 0 fully saturated rings. The minimum atomic E-state index is -1.90. The molecule has 0 radical (unpaired) electrons. The smallest absolute Gasteiger partial charge is 0.184 e. The first kappa shape index (κ1) is 33.0. The predicted octanol–water partition coefficient (Wildman–Crippen LogP) is 7.24. The van der Waals surface area contributed by atoms with Crippen LogP contribution < -0.4 is 5.11 Å². The van der Waals surface area contributed by atoms with Gasteiger partial charge in [-0.2, -0.15) is 0 Å². The molecule has 0 heterocycles. The first-order valence-corrected chi connectivity index (χ1v) is 13.4. The molecule has 1 aromatic carbocycles. The molecule has 0 spiro atoms. The molecule has 0 amide bonds. The highest BCUT2D eigenvalue weighted by Crippen LogP contribution is 2.14. The number of aliphatic carboxylic acids is 1. The van der Waals surface area contributed by atoms with E-state index in [9.17, 15) is 9.90 Å². The Morgan fingerprint density at radius 2 is 1.31 bits per heavy atom. The third kappa shape index (κ3) is 23.5. The van der Waals surface area contributed by atoms with Crippen LogP contribution in [0.3, 0.4) is 0 Å². The van der Waals surface area contributed by atoms with Crippen molar-refractivity contribution in [1.29, 1.82) is 0 Å². The van der Waals surface area contributed by atoms with Crippen LogP contribution in [0.15, 0.2) is 48.6 Å². The summed E-state index contributed by atoms with van der Waals surface area (Å²) >= 11 is 0. The molecule has 1 aromatic rings. The van der Waals surface area contributed by atoms with Crippen molar-refractivity contribution in [1.82, 2.24) is 0 Å². The highest BCUT2D eigenvalue weighted by molar-refractivity contribution is 5.83. The highest BCUT2D eigenvalue weighted by Gasteiger charge is 2.28. The monoisotopic (exact) mass is 491 g/mol. The lowest BCUT2D eigenvalue weighted by Gasteiger charge is -2.18. The molecule has 0 bridgehead atoms. The van der Waals surface area contributed by atoms with E-state index in [-0.39, 0.29) is 0 Å². The first-order valence-electron chi connectivity index (χ1n) is 13.4. The van der Waals surface area contributed by atoms with Gasteiger partial charge >= 0.3 is 0 Å². The van der Waals surface area contributed by atoms with Gasteiger partial charge in [0.2, 0.25) is 0 Å². The lowest BCUT2D eigenvalue weighted by Crippen LogP contribution is -2.45. The summed E-state index contributed by atoms with van der Waals surface area (Å²) < 4.78 is 0. The van der Waals surface area contributed by atoms with Crippen molar-refractivity contribution in [3.8, 4) is 0 Å². The normalized spacial score (nSPS) is 12.6. The Kier molecular flexibility index (Phi) is 21.2. The number of carbonyl (C=O) groups is 1. The van der Waals surface area contributed by atoms with Crippen LogP contribution in [0, 0.1) is 0 Å². The Hall–Kier alpha value is -1.99. The van der Waals surface area contributed by atoms with Gasteiger partial charge in [-0.05, 0) is 50.7 Å². The van der Waals surface area contributed by atoms with E-state index in [0.717, 1.165) is 24.5 Å². The summed E-state index contributed by atoms with van der Waals surface area (Å²) in [6.45, 7) is 3.90. The zero-order valence-electron chi connectivity index (χ0n) is 22.0. The molecule has 0 saturated heterocycles. The number of allylic oxidation sites excluding steroid dienone is 2. The number of hydrogen-bond donors (Lipinski definition) is 3. The van der Waals surface area contributed by atoms with E-state index in [2.05, 4.69) is 19.1 Å². The van der Waals surface area contributed by atoms with Gasteiger partial charge in [0.15, 0.2) is 6.04 Å². The molecular formula is C29H49NO5.